The average molecular weight is 480 g/mol. The van der Waals surface area contributed by atoms with Crippen LogP contribution in [-0.2, 0) is 7.05 Å². The molecule has 0 N–H and O–H groups in total. The lowest BCUT2D eigenvalue weighted by atomic mass is 9.94. The maximum absolute atomic E-state index is 13.8. The van der Waals surface area contributed by atoms with E-state index < -0.39 is 5.54 Å². The van der Waals surface area contributed by atoms with Crippen LogP contribution in [-0.4, -0.2) is 68.2 Å². The van der Waals surface area contributed by atoms with E-state index >= 15 is 0 Å². The fraction of sp³-hybridized carbons (Fsp3) is 0.333. The van der Waals surface area contributed by atoms with Crippen LogP contribution in [0.4, 0.5) is 0 Å². The number of halogens is 1. The number of nitriles is 1. The second kappa shape index (κ2) is 8.63. The van der Waals surface area contributed by atoms with Crippen LogP contribution >= 0.6 is 11.6 Å². The standard InChI is InChI=1S/C24H26ClN7O2/c1-24(2)15-30(22(33)20-10-6-8-18(14-26)27-20)11-12-32(24,4)23(34)21-28-31(16-29(21)3)19-9-5-7-17(25)13-19/h5-10,13,16H,11-12,15H2,1-4H3/q+2. The Balaban J connectivity index is 1.59. The molecule has 0 aliphatic carbocycles. The Morgan fingerprint density at radius 3 is 2.65 bits per heavy atom. The molecule has 0 radical (unpaired) electrons. The first-order valence-corrected chi connectivity index (χ1v) is 11.2. The van der Waals surface area contributed by atoms with Crippen molar-refractivity contribution in [3.05, 3.63) is 71.0 Å². The molecule has 2 amide bonds. The van der Waals surface area contributed by atoms with Gasteiger partial charge in [0.15, 0.2) is 0 Å². The minimum absolute atomic E-state index is 0.0862. The summed E-state index contributed by atoms with van der Waals surface area (Å²) in [5, 5.41) is 14.2. The summed E-state index contributed by atoms with van der Waals surface area (Å²) in [5.74, 6) is -0.0663. The molecule has 2 aromatic heterocycles. The number of amides is 2. The molecule has 1 aliphatic rings. The summed E-state index contributed by atoms with van der Waals surface area (Å²) < 4.78 is 3.42. The maximum atomic E-state index is 13.8. The molecule has 1 saturated heterocycles. The highest BCUT2D eigenvalue weighted by Crippen LogP contribution is 2.30. The van der Waals surface area contributed by atoms with Crippen molar-refractivity contribution in [1.82, 2.24) is 19.7 Å². The molecule has 10 heteroatoms. The van der Waals surface area contributed by atoms with E-state index in [0.717, 1.165) is 5.69 Å². The number of carbonyl (C=O) groups is 2. The zero-order valence-corrected chi connectivity index (χ0v) is 20.3. The van der Waals surface area contributed by atoms with Gasteiger partial charge in [0, 0.05) is 5.02 Å². The quantitative estimate of drug-likeness (QED) is 0.423. The molecule has 9 nitrogen and oxygen atoms in total. The Morgan fingerprint density at radius 1 is 1.24 bits per heavy atom. The summed E-state index contributed by atoms with van der Waals surface area (Å²) in [5.41, 5.74) is 0.584. The number of quaternary nitrogens is 1. The largest absolute Gasteiger partial charge is 0.419 e. The van der Waals surface area contributed by atoms with E-state index in [1.165, 1.54) is 0 Å². The number of aromatic nitrogens is 4. The normalized spacial score (nSPS) is 19.5. The van der Waals surface area contributed by atoms with Crippen LogP contribution in [0.15, 0.2) is 48.8 Å². The predicted molar refractivity (Wildman–Crippen MR) is 124 cm³/mol. The second-order valence-electron chi connectivity index (χ2n) is 9.25. The minimum atomic E-state index is -0.593. The Morgan fingerprint density at radius 2 is 1.97 bits per heavy atom. The highest BCUT2D eigenvalue weighted by molar-refractivity contribution is 6.30. The molecular weight excluding hydrogens is 454 g/mol. The van der Waals surface area contributed by atoms with Gasteiger partial charge in [0.25, 0.3) is 5.91 Å². The number of nitrogens with zero attached hydrogens (tertiary/aromatic N) is 7. The van der Waals surface area contributed by atoms with E-state index in [0.29, 0.717) is 30.5 Å². The molecule has 1 aromatic carbocycles. The van der Waals surface area contributed by atoms with Crippen molar-refractivity contribution >= 4 is 23.4 Å². The molecule has 1 atom stereocenters. The number of pyridine rings is 1. The van der Waals surface area contributed by atoms with Gasteiger partial charge in [-0.15, -0.1) is 0 Å². The zero-order chi connectivity index (χ0) is 24.7. The van der Waals surface area contributed by atoms with E-state index in [9.17, 15) is 9.59 Å². The fourth-order valence-electron chi connectivity index (χ4n) is 4.23. The minimum Gasteiger partial charge on any atom is -0.325 e. The highest BCUT2D eigenvalue weighted by Gasteiger charge is 2.54. The van der Waals surface area contributed by atoms with Crippen LogP contribution in [0.25, 0.3) is 5.69 Å². The third-order valence-corrected chi connectivity index (χ3v) is 6.87. The molecule has 1 aliphatic heterocycles. The van der Waals surface area contributed by atoms with Gasteiger partial charge in [0.1, 0.15) is 35.2 Å². The summed E-state index contributed by atoms with van der Waals surface area (Å²) in [7, 11) is 3.67. The molecule has 0 bridgehead atoms. The van der Waals surface area contributed by atoms with E-state index in [4.69, 9.17) is 16.9 Å². The average Bonchev–Trinajstić information content (AvgIpc) is 3.21. The first kappa shape index (κ1) is 23.5. The van der Waals surface area contributed by atoms with E-state index in [1.54, 1.807) is 57.9 Å². The molecule has 1 unspecified atom stereocenters. The van der Waals surface area contributed by atoms with E-state index in [2.05, 4.69) is 10.1 Å². The SMILES string of the molecule is C[n+]1cn(-c2cccc(Cl)c2)nc1C(=O)[N+]1(C)CCN(C(=O)c2cccc(C#N)n2)CC1(C)C. The smallest absolute Gasteiger partial charge is 0.325 e. The number of piperazine rings is 1. The lowest BCUT2D eigenvalue weighted by molar-refractivity contribution is -0.888. The first-order chi connectivity index (χ1) is 16.1. The van der Waals surface area contributed by atoms with Crippen molar-refractivity contribution in [2.45, 2.75) is 19.4 Å². The van der Waals surface area contributed by atoms with Gasteiger partial charge in [0.2, 0.25) is 6.33 Å². The van der Waals surface area contributed by atoms with Crippen molar-refractivity contribution in [1.29, 1.82) is 5.26 Å². The van der Waals surface area contributed by atoms with Crippen LogP contribution in [0.3, 0.4) is 0 Å². The number of likely N-dealkylation sites (N-methyl/N-ethyl adjacent to an activating group) is 1. The monoisotopic (exact) mass is 479 g/mol. The van der Waals surface area contributed by atoms with Gasteiger partial charge in [-0.25, -0.2) is 18.8 Å². The number of aryl methyl sites for hydroxylation is 1. The molecule has 3 heterocycles. The lowest BCUT2D eigenvalue weighted by Gasteiger charge is -2.50. The topological polar surface area (TPSA) is 95.8 Å². The predicted octanol–water partition coefficient (Wildman–Crippen LogP) is 2.14. The Labute approximate surface area is 203 Å². The Kier molecular flexibility index (Phi) is 5.98. The van der Waals surface area contributed by atoms with Gasteiger partial charge in [-0.05, 0) is 44.2 Å². The second-order valence-corrected chi connectivity index (χ2v) is 9.69. The Bertz CT molecular complexity index is 1330. The number of benzene rings is 1. The maximum Gasteiger partial charge on any atom is 0.419 e. The summed E-state index contributed by atoms with van der Waals surface area (Å²) in [4.78, 5) is 32.7. The molecule has 0 saturated carbocycles. The van der Waals surface area contributed by atoms with Gasteiger partial charge in [-0.1, -0.05) is 28.4 Å². The summed E-state index contributed by atoms with van der Waals surface area (Å²) >= 11 is 6.12. The van der Waals surface area contributed by atoms with Gasteiger partial charge >= 0.3 is 11.7 Å². The van der Waals surface area contributed by atoms with Crippen molar-refractivity contribution in [2.75, 3.05) is 26.7 Å². The number of carbonyl (C=O) groups excluding carboxylic acids is 2. The van der Waals surface area contributed by atoms with Crippen LogP contribution < -0.4 is 4.57 Å². The van der Waals surface area contributed by atoms with Gasteiger partial charge in [0.05, 0.1) is 32.3 Å². The third kappa shape index (κ3) is 4.06. The third-order valence-electron chi connectivity index (χ3n) is 6.63. The van der Waals surface area contributed by atoms with Crippen molar-refractivity contribution in [3.63, 3.8) is 0 Å². The Hall–Kier alpha value is -3.61. The zero-order valence-electron chi connectivity index (χ0n) is 19.6. The van der Waals surface area contributed by atoms with E-state index in [-0.39, 0.29) is 27.7 Å². The number of hydrogen-bond donors (Lipinski definition) is 0. The van der Waals surface area contributed by atoms with Crippen LogP contribution in [0.1, 0.15) is 40.6 Å². The van der Waals surface area contributed by atoms with Gasteiger partial charge < -0.3 is 4.90 Å². The van der Waals surface area contributed by atoms with Crippen molar-refractivity contribution in [3.8, 4) is 11.8 Å². The highest BCUT2D eigenvalue weighted by atomic mass is 35.5. The molecular formula is C24H26ClN7O2+2. The first-order valence-electron chi connectivity index (χ1n) is 10.8. The van der Waals surface area contributed by atoms with Crippen LogP contribution in [0, 0.1) is 11.3 Å². The summed E-state index contributed by atoms with van der Waals surface area (Å²) in [6, 6.07) is 14.0. The molecule has 1 fully saturated rings. The van der Waals surface area contributed by atoms with Gasteiger partial charge in [-0.3, -0.25) is 4.79 Å². The van der Waals surface area contributed by atoms with Gasteiger partial charge in [-0.2, -0.15) is 5.26 Å². The van der Waals surface area contributed by atoms with Crippen LogP contribution in [0.5, 0.6) is 0 Å². The summed E-state index contributed by atoms with van der Waals surface area (Å²) in [6.07, 6.45) is 1.74. The number of rotatable bonds is 3. The molecule has 174 valence electrons. The van der Waals surface area contributed by atoms with Crippen molar-refractivity contribution in [2.24, 2.45) is 7.05 Å². The van der Waals surface area contributed by atoms with E-state index in [1.807, 2.05) is 39.1 Å². The fourth-order valence-corrected chi connectivity index (χ4v) is 4.41. The molecule has 3 aromatic rings. The van der Waals surface area contributed by atoms with Crippen molar-refractivity contribution < 1.29 is 18.6 Å². The summed E-state index contributed by atoms with van der Waals surface area (Å²) in [6.45, 7) is 5.08. The molecule has 4 rings (SSSR count). The molecule has 0 spiro atoms. The lowest BCUT2D eigenvalue weighted by Crippen LogP contribution is -2.72. The van der Waals surface area contributed by atoms with Crippen LogP contribution in [0.2, 0.25) is 5.02 Å². The molecule has 34 heavy (non-hydrogen) atoms. The number of hydrogen-bond acceptors (Lipinski definition) is 5.